The topological polar surface area (TPSA) is 80.8 Å². The van der Waals surface area contributed by atoms with E-state index in [0.29, 0.717) is 28.9 Å². The quantitative estimate of drug-likeness (QED) is 0.687. The van der Waals surface area contributed by atoms with Crippen molar-refractivity contribution in [3.63, 3.8) is 0 Å². The Balaban J connectivity index is 2.06. The van der Waals surface area contributed by atoms with E-state index in [9.17, 15) is 9.59 Å². The number of benzene rings is 1. The lowest BCUT2D eigenvalue weighted by Gasteiger charge is -2.21. The van der Waals surface area contributed by atoms with E-state index in [1.165, 1.54) is 11.3 Å². The van der Waals surface area contributed by atoms with Crippen molar-refractivity contribution in [3.05, 3.63) is 45.4 Å². The van der Waals surface area contributed by atoms with Gasteiger partial charge in [0.2, 0.25) is 0 Å². The number of methoxy groups -OCH3 is 1. The van der Waals surface area contributed by atoms with Crippen LogP contribution in [0.4, 0.5) is 10.5 Å². The number of urea groups is 1. The zero-order valence-corrected chi connectivity index (χ0v) is 16.1. The van der Waals surface area contributed by atoms with Crippen molar-refractivity contribution >= 4 is 40.6 Å². The molecule has 0 aliphatic rings. The molecule has 0 aliphatic carbocycles. The van der Waals surface area contributed by atoms with Crippen LogP contribution in [0.3, 0.4) is 0 Å². The van der Waals surface area contributed by atoms with Crippen LogP contribution in [-0.4, -0.2) is 48.8 Å². The predicted molar refractivity (Wildman–Crippen MR) is 101 cm³/mol. The minimum Gasteiger partial charge on any atom is -0.461 e. The number of nitrogens with zero attached hydrogens (tertiary/aromatic N) is 2. The number of rotatable bonds is 8. The second kappa shape index (κ2) is 10.1. The predicted octanol–water partition coefficient (Wildman–Crippen LogP) is 3.65. The number of hydrogen-bond donors (Lipinski definition) is 1. The molecule has 0 fully saturated rings. The number of amides is 2. The largest absolute Gasteiger partial charge is 0.461 e. The van der Waals surface area contributed by atoms with Gasteiger partial charge in [-0.05, 0) is 25.1 Å². The number of halogens is 1. The van der Waals surface area contributed by atoms with Gasteiger partial charge in [0.25, 0.3) is 0 Å². The summed E-state index contributed by atoms with van der Waals surface area (Å²) in [6, 6.07) is 6.59. The Labute approximate surface area is 160 Å². The van der Waals surface area contributed by atoms with Gasteiger partial charge in [-0.1, -0.05) is 17.7 Å². The number of hydrogen-bond acceptors (Lipinski definition) is 6. The lowest BCUT2D eigenvalue weighted by atomic mass is 10.3. The second-order valence-corrected chi connectivity index (χ2v) is 6.58. The molecule has 1 aromatic carbocycles. The lowest BCUT2D eigenvalue weighted by Crippen LogP contribution is -2.36. The van der Waals surface area contributed by atoms with Crippen LogP contribution in [0.25, 0.3) is 0 Å². The van der Waals surface area contributed by atoms with E-state index in [1.54, 1.807) is 48.6 Å². The molecular weight excluding hydrogens is 378 g/mol. The molecule has 1 N–H and O–H groups in total. The Morgan fingerprint density at radius 3 is 2.88 bits per heavy atom. The molecule has 0 saturated carbocycles. The van der Waals surface area contributed by atoms with Crippen molar-refractivity contribution in [1.29, 1.82) is 0 Å². The van der Waals surface area contributed by atoms with Gasteiger partial charge in [0.1, 0.15) is 5.01 Å². The van der Waals surface area contributed by atoms with Gasteiger partial charge < -0.3 is 19.7 Å². The second-order valence-electron chi connectivity index (χ2n) is 5.20. The first kappa shape index (κ1) is 20.2. The van der Waals surface area contributed by atoms with E-state index < -0.39 is 5.97 Å². The van der Waals surface area contributed by atoms with Crippen LogP contribution in [0.1, 0.15) is 22.4 Å². The maximum absolute atomic E-state index is 12.6. The van der Waals surface area contributed by atoms with Crippen LogP contribution in [0.5, 0.6) is 0 Å². The number of esters is 1. The number of nitrogens with one attached hydrogen (secondary N) is 1. The molecule has 7 nitrogen and oxygen atoms in total. The number of thiazole rings is 1. The van der Waals surface area contributed by atoms with Gasteiger partial charge in [0, 0.05) is 29.7 Å². The Morgan fingerprint density at radius 1 is 1.38 bits per heavy atom. The molecule has 0 radical (unpaired) electrons. The highest BCUT2D eigenvalue weighted by atomic mass is 35.5. The molecule has 9 heteroatoms. The first-order valence-electron chi connectivity index (χ1n) is 7.95. The van der Waals surface area contributed by atoms with E-state index >= 15 is 0 Å². The van der Waals surface area contributed by atoms with Crippen molar-refractivity contribution in [3.8, 4) is 0 Å². The standard InChI is InChI=1S/C17H20ClN3O4S/c1-3-25-16(22)14-11-26-15(20-14)10-21(7-8-24-2)17(23)19-13-6-4-5-12(18)9-13/h4-6,9,11H,3,7-8,10H2,1-2H3,(H,19,23). The number of aromatic nitrogens is 1. The normalized spacial score (nSPS) is 10.4. The van der Waals surface area contributed by atoms with Crippen molar-refractivity contribution in [2.45, 2.75) is 13.5 Å². The molecule has 1 aromatic heterocycles. The van der Waals surface area contributed by atoms with Crippen LogP contribution in [-0.2, 0) is 16.0 Å². The van der Waals surface area contributed by atoms with Crippen molar-refractivity contribution in [2.75, 3.05) is 32.2 Å². The Kier molecular flexibility index (Phi) is 7.83. The summed E-state index contributed by atoms with van der Waals surface area (Å²) in [4.78, 5) is 30.1. The zero-order chi connectivity index (χ0) is 18.9. The van der Waals surface area contributed by atoms with E-state index in [-0.39, 0.29) is 24.9 Å². The van der Waals surface area contributed by atoms with Crippen LogP contribution < -0.4 is 5.32 Å². The number of carbonyl (C=O) groups is 2. The van der Waals surface area contributed by atoms with Crippen molar-refractivity contribution in [1.82, 2.24) is 9.88 Å². The molecule has 0 saturated heterocycles. The summed E-state index contributed by atoms with van der Waals surface area (Å²) in [5, 5.41) is 5.58. The average Bonchev–Trinajstić information content (AvgIpc) is 3.07. The Hall–Kier alpha value is -2.16. The summed E-state index contributed by atoms with van der Waals surface area (Å²) in [6.45, 7) is 3.02. The maximum Gasteiger partial charge on any atom is 0.357 e. The van der Waals surface area contributed by atoms with Crippen LogP contribution >= 0.6 is 22.9 Å². The SMILES string of the molecule is CCOC(=O)c1csc(CN(CCOC)C(=O)Nc2cccc(Cl)c2)n1. The van der Waals surface area contributed by atoms with E-state index in [4.69, 9.17) is 21.1 Å². The van der Waals surface area contributed by atoms with Crippen LogP contribution in [0.2, 0.25) is 5.02 Å². The molecule has 0 unspecified atom stereocenters. The minimum atomic E-state index is -0.471. The molecule has 0 spiro atoms. The van der Waals surface area contributed by atoms with E-state index in [1.807, 2.05) is 0 Å². The average molecular weight is 398 g/mol. The van der Waals surface area contributed by atoms with Gasteiger partial charge in [0.15, 0.2) is 5.69 Å². The Bertz CT molecular complexity index is 753. The van der Waals surface area contributed by atoms with Gasteiger partial charge in [0.05, 0.1) is 19.8 Å². The first-order chi connectivity index (χ1) is 12.5. The number of carbonyl (C=O) groups excluding carboxylic acids is 2. The molecule has 1 heterocycles. The third kappa shape index (κ3) is 5.98. The molecular formula is C17H20ClN3O4S. The van der Waals surface area contributed by atoms with Crippen molar-refractivity contribution < 1.29 is 19.1 Å². The van der Waals surface area contributed by atoms with Gasteiger partial charge in [-0.15, -0.1) is 11.3 Å². The van der Waals surface area contributed by atoms with Gasteiger partial charge in [-0.3, -0.25) is 0 Å². The fourth-order valence-corrected chi connectivity index (χ4v) is 3.04. The summed E-state index contributed by atoms with van der Waals surface area (Å²) < 4.78 is 10.00. The summed E-state index contributed by atoms with van der Waals surface area (Å²) in [7, 11) is 1.56. The fraction of sp³-hybridized carbons (Fsp3) is 0.353. The third-order valence-electron chi connectivity index (χ3n) is 3.29. The monoisotopic (exact) mass is 397 g/mol. The first-order valence-corrected chi connectivity index (χ1v) is 9.21. The smallest absolute Gasteiger partial charge is 0.357 e. The molecule has 2 rings (SSSR count). The molecule has 0 aliphatic heterocycles. The summed E-state index contributed by atoms with van der Waals surface area (Å²) in [5.74, 6) is -0.471. The van der Waals surface area contributed by atoms with Crippen LogP contribution in [0.15, 0.2) is 29.6 Å². The molecule has 2 aromatic rings. The minimum absolute atomic E-state index is 0.244. The van der Waals surface area contributed by atoms with E-state index in [2.05, 4.69) is 10.3 Å². The van der Waals surface area contributed by atoms with Gasteiger partial charge in [-0.2, -0.15) is 0 Å². The highest BCUT2D eigenvalue weighted by molar-refractivity contribution is 7.09. The van der Waals surface area contributed by atoms with Gasteiger partial charge in [-0.25, -0.2) is 14.6 Å². The summed E-state index contributed by atoms with van der Waals surface area (Å²) in [5.41, 5.74) is 0.838. The molecule has 140 valence electrons. The molecule has 26 heavy (non-hydrogen) atoms. The highest BCUT2D eigenvalue weighted by Crippen LogP contribution is 2.17. The number of anilines is 1. The lowest BCUT2D eigenvalue weighted by molar-refractivity contribution is 0.0520. The number of ether oxygens (including phenoxy) is 2. The highest BCUT2D eigenvalue weighted by Gasteiger charge is 2.18. The molecule has 0 bridgehead atoms. The summed E-state index contributed by atoms with van der Waals surface area (Å²) in [6.07, 6.45) is 0. The van der Waals surface area contributed by atoms with Crippen molar-refractivity contribution in [2.24, 2.45) is 0 Å². The molecule has 2 amide bonds. The Morgan fingerprint density at radius 2 is 2.19 bits per heavy atom. The molecule has 0 atom stereocenters. The van der Waals surface area contributed by atoms with Crippen LogP contribution in [0, 0.1) is 0 Å². The van der Waals surface area contributed by atoms with Gasteiger partial charge >= 0.3 is 12.0 Å². The third-order valence-corrected chi connectivity index (χ3v) is 4.36. The van der Waals surface area contributed by atoms with E-state index in [0.717, 1.165) is 0 Å². The summed E-state index contributed by atoms with van der Waals surface area (Å²) >= 11 is 7.24. The fourth-order valence-electron chi connectivity index (χ4n) is 2.07. The maximum atomic E-state index is 12.6. The zero-order valence-electron chi connectivity index (χ0n) is 14.5.